The predicted octanol–water partition coefficient (Wildman–Crippen LogP) is 3.64. The third-order valence-electron chi connectivity index (χ3n) is 6.65. The van der Waals surface area contributed by atoms with Gasteiger partial charge in [0.2, 0.25) is 0 Å². The van der Waals surface area contributed by atoms with Crippen LogP contribution in [0.4, 0.5) is 17.1 Å². The molecule has 1 amide bonds. The van der Waals surface area contributed by atoms with Gasteiger partial charge in [-0.2, -0.15) is 0 Å². The fourth-order valence-electron chi connectivity index (χ4n) is 4.71. The lowest BCUT2D eigenvalue weighted by atomic mass is 9.78. The molecule has 1 saturated carbocycles. The summed E-state index contributed by atoms with van der Waals surface area (Å²) in [6.45, 7) is 6.17. The number of anilines is 3. The minimum Gasteiger partial charge on any atom is -0.504 e. The molecule has 1 fully saturated rings. The second-order valence-electron chi connectivity index (χ2n) is 9.40. The summed E-state index contributed by atoms with van der Waals surface area (Å²) in [4.78, 5) is 48.5. The minimum absolute atomic E-state index is 0.0611. The molecule has 0 aliphatic heterocycles. The first-order chi connectivity index (χ1) is 16.0. The largest absolute Gasteiger partial charge is 0.504 e. The van der Waals surface area contributed by atoms with Crippen molar-refractivity contribution < 1.29 is 9.90 Å². The summed E-state index contributed by atoms with van der Waals surface area (Å²) in [5.74, 6) is -0.862. The zero-order valence-corrected chi connectivity index (χ0v) is 20.8. The number of nitrogens with one attached hydrogen (secondary N) is 2. The van der Waals surface area contributed by atoms with Gasteiger partial charge in [-0.15, -0.1) is 11.3 Å². The van der Waals surface area contributed by atoms with Gasteiger partial charge in [-0.05, 0) is 38.2 Å². The highest BCUT2D eigenvalue weighted by Gasteiger charge is 2.41. The van der Waals surface area contributed by atoms with Crippen molar-refractivity contribution in [3.63, 3.8) is 0 Å². The molecule has 0 radical (unpaired) electrons. The Kier molecular flexibility index (Phi) is 6.20. The van der Waals surface area contributed by atoms with Gasteiger partial charge in [0.1, 0.15) is 11.4 Å². The Labute approximate surface area is 201 Å². The fraction of sp³-hybridized carbons (Fsp3) is 0.458. The third kappa shape index (κ3) is 4.06. The molecule has 10 heteroatoms. The molecule has 1 aliphatic carbocycles. The lowest BCUT2D eigenvalue weighted by molar-refractivity contribution is 0.0819. The monoisotopic (exact) mass is 483 g/mol. The molecule has 34 heavy (non-hydrogen) atoms. The van der Waals surface area contributed by atoms with Gasteiger partial charge in [-0.3, -0.25) is 14.4 Å². The van der Waals surface area contributed by atoms with Gasteiger partial charge >= 0.3 is 0 Å². The smallest absolute Gasteiger partial charge is 0.275 e. The van der Waals surface area contributed by atoms with E-state index in [0.29, 0.717) is 0 Å². The van der Waals surface area contributed by atoms with Gasteiger partial charge in [0, 0.05) is 25.2 Å². The van der Waals surface area contributed by atoms with E-state index in [4.69, 9.17) is 4.98 Å². The van der Waals surface area contributed by atoms with Crippen LogP contribution in [0.2, 0.25) is 0 Å². The molecule has 4 rings (SSSR count). The van der Waals surface area contributed by atoms with Crippen LogP contribution in [-0.2, 0) is 0 Å². The molecule has 1 aliphatic rings. The first kappa shape index (κ1) is 23.9. The average Bonchev–Trinajstić information content (AvgIpc) is 3.38. The van der Waals surface area contributed by atoms with Crippen molar-refractivity contribution in [2.45, 2.75) is 52.5 Å². The molecule has 2 aromatic heterocycles. The van der Waals surface area contributed by atoms with E-state index in [9.17, 15) is 19.5 Å². The van der Waals surface area contributed by atoms with E-state index in [1.165, 1.54) is 17.2 Å². The van der Waals surface area contributed by atoms with Crippen molar-refractivity contribution in [1.82, 2.24) is 14.9 Å². The zero-order chi connectivity index (χ0) is 24.8. The van der Waals surface area contributed by atoms with E-state index in [0.717, 1.165) is 41.3 Å². The Morgan fingerprint density at radius 2 is 1.82 bits per heavy atom. The second-order valence-corrected chi connectivity index (χ2v) is 10.8. The summed E-state index contributed by atoms with van der Waals surface area (Å²) in [6, 6.07) is 1.22. The third-order valence-corrected chi connectivity index (χ3v) is 7.55. The number of carbonyl (C=O) groups excluding carboxylic acids is 1. The summed E-state index contributed by atoms with van der Waals surface area (Å²) >= 11 is 1.61. The van der Waals surface area contributed by atoms with Gasteiger partial charge in [-0.25, -0.2) is 9.97 Å². The van der Waals surface area contributed by atoms with Crippen molar-refractivity contribution >= 4 is 34.3 Å². The van der Waals surface area contributed by atoms with Gasteiger partial charge in [0.05, 0.1) is 22.4 Å². The summed E-state index contributed by atoms with van der Waals surface area (Å²) < 4.78 is 0. The Morgan fingerprint density at radius 3 is 2.41 bits per heavy atom. The number of hydrogen-bond acceptors (Lipinski definition) is 9. The lowest BCUT2D eigenvalue weighted by Crippen LogP contribution is -2.40. The molecule has 2 heterocycles. The number of aryl methyl sites for hydroxylation is 2. The summed E-state index contributed by atoms with van der Waals surface area (Å²) in [6.07, 6.45) is 5.53. The highest BCUT2D eigenvalue weighted by molar-refractivity contribution is 7.11. The second kappa shape index (κ2) is 8.83. The molecule has 0 saturated heterocycles. The highest BCUT2D eigenvalue weighted by atomic mass is 32.1. The van der Waals surface area contributed by atoms with Gasteiger partial charge in [0.25, 0.3) is 16.8 Å². The zero-order valence-electron chi connectivity index (χ0n) is 20.0. The lowest BCUT2D eigenvalue weighted by Gasteiger charge is -2.35. The van der Waals surface area contributed by atoms with Crippen LogP contribution in [0.5, 0.6) is 5.75 Å². The van der Waals surface area contributed by atoms with Crippen LogP contribution in [0.25, 0.3) is 0 Å². The molecule has 1 aromatic carbocycles. The standard InChI is InChI=1S/C24H29N5O4S/c1-12-15(26-13(2)34-12)22(24(3)9-6-7-10-24)28-17-16(20(31)21(17)32)27-14-8-11-25-18(19(14)30)23(33)29(4)5/h8,11,22,28,30H,6-7,9-10H2,1-5H3,(H,25,27)/t22-/m0/s1. The first-order valence-corrected chi connectivity index (χ1v) is 12.1. The number of aromatic nitrogens is 2. The summed E-state index contributed by atoms with van der Waals surface area (Å²) in [5, 5.41) is 17.8. The van der Waals surface area contributed by atoms with Crippen LogP contribution in [0.15, 0.2) is 21.9 Å². The Bertz CT molecular complexity index is 1320. The maximum atomic E-state index is 12.6. The van der Waals surface area contributed by atoms with Crippen LogP contribution in [0.3, 0.4) is 0 Å². The number of amides is 1. The van der Waals surface area contributed by atoms with Crippen molar-refractivity contribution in [3.05, 3.63) is 54.0 Å². The van der Waals surface area contributed by atoms with Crippen LogP contribution in [0.1, 0.15) is 64.7 Å². The fourth-order valence-corrected chi connectivity index (χ4v) is 5.56. The number of thiazole rings is 1. The Morgan fingerprint density at radius 1 is 1.18 bits per heavy atom. The van der Waals surface area contributed by atoms with Crippen molar-refractivity contribution in [1.29, 1.82) is 0 Å². The van der Waals surface area contributed by atoms with Crippen LogP contribution >= 0.6 is 11.3 Å². The molecule has 1 atom stereocenters. The molecule has 3 N–H and O–H groups in total. The van der Waals surface area contributed by atoms with Crippen molar-refractivity contribution in [3.8, 4) is 5.75 Å². The van der Waals surface area contributed by atoms with Crippen LogP contribution < -0.4 is 21.5 Å². The molecular weight excluding hydrogens is 454 g/mol. The maximum Gasteiger partial charge on any atom is 0.275 e. The van der Waals surface area contributed by atoms with Crippen molar-refractivity contribution in [2.24, 2.45) is 5.41 Å². The number of pyridine rings is 1. The van der Waals surface area contributed by atoms with E-state index >= 15 is 0 Å². The number of aromatic hydroxyl groups is 1. The van der Waals surface area contributed by atoms with E-state index in [2.05, 4.69) is 22.5 Å². The Hall–Kier alpha value is -3.27. The van der Waals surface area contributed by atoms with Crippen LogP contribution in [0, 0.1) is 19.3 Å². The Balaban J connectivity index is 1.70. The number of carbonyl (C=O) groups is 1. The summed E-state index contributed by atoms with van der Waals surface area (Å²) in [5.41, 5.74) is -0.301. The minimum atomic E-state index is -0.680. The highest BCUT2D eigenvalue weighted by Crippen LogP contribution is 2.49. The molecule has 9 nitrogen and oxygen atoms in total. The normalized spacial score (nSPS) is 15.9. The van der Waals surface area contributed by atoms with E-state index in [1.54, 1.807) is 25.4 Å². The molecule has 0 bridgehead atoms. The topological polar surface area (TPSA) is 125 Å². The van der Waals surface area contributed by atoms with Gasteiger partial charge in [-0.1, -0.05) is 19.8 Å². The summed E-state index contributed by atoms with van der Waals surface area (Å²) in [7, 11) is 3.10. The number of hydrogen-bond donors (Lipinski definition) is 3. The quantitative estimate of drug-likeness (QED) is 0.435. The maximum absolute atomic E-state index is 12.6. The molecule has 0 unspecified atom stereocenters. The van der Waals surface area contributed by atoms with Gasteiger partial charge in [0.15, 0.2) is 11.4 Å². The van der Waals surface area contributed by atoms with E-state index < -0.39 is 16.8 Å². The molecule has 3 aromatic rings. The number of nitrogens with zero attached hydrogens (tertiary/aromatic N) is 3. The van der Waals surface area contributed by atoms with E-state index in [-0.39, 0.29) is 40.0 Å². The van der Waals surface area contributed by atoms with Crippen LogP contribution in [-0.4, -0.2) is 40.0 Å². The first-order valence-electron chi connectivity index (χ1n) is 11.2. The SMILES string of the molecule is Cc1nc([C@H](Nc2c(Nc3ccnc(C(=O)N(C)C)c3O)c(=O)c2=O)C2(C)CCCC2)c(C)s1. The van der Waals surface area contributed by atoms with E-state index in [1.807, 2.05) is 13.8 Å². The molecular formula is C24H29N5O4S. The van der Waals surface area contributed by atoms with Crippen molar-refractivity contribution in [2.75, 3.05) is 24.7 Å². The molecule has 0 spiro atoms. The molecule has 180 valence electrons. The van der Waals surface area contributed by atoms with Gasteiger partial charge < -0.3 is 20.6 Å². The predicted molar refractivity (Wildman–Crippen MR) is 133 cm³/mol. The number of rotatable bonds is 7. The average molecular weight is 484 g/mol.